The van der Waals surface area contributed by atoms with Crippen LogP contribution in [0.1, 0.15) is 29.4 Å². The summed E-state index contributed by atoms with van der Waals surface area (Å²) in [6, 6.07) is 15.4. The molecule has 1 atom stereocenters. The number of nitrogens with one attached hydrogen (secondary N) is 1. The summed E-state index contributed by atoms with van der Waals surface area (Å²) in [4.78, 5) is 1.28. The highest BCUT2D eigenvalue weighted by molar-refractivity contribution is 7.09. The summed E-state index contributed by atoms with van der Waals surface area (Å²) in [6.07, 6.45) is 2.77. The van der Waals surface area contributed by atoms with Gasteiger partial charge < -0.3 is 10.1 Å². The average molecular weight is 273 g/mol. The van der Waals surface area contributed by atoms with Crippen molar-refractivity contribution >= 4 is 11.3 Å². The van der Waals surface area contributed by atoms with Crippen LogP contribution in [0.25, 0.3) is 0 Å². The smallest absolute Gasteiger partial charge is 0.0954 e. The van der Waals surface area contributed by atoms with Crippen molar-refractivity contribution in [2.75, 3.05) is 6.54 Å². The molecule has 1 aliphatic rings. The lowest BCUT2D eigenvalue weighted by Crippen LogP contribution is -2.25. The molecule has 19 heavy (non-hydrogen) atoms. The van der Waals surface area contributed by atoms with Crippen LogP contribution in [0.4, 0.5) is 0 Å². The van der Waals surface area contributed by atoms with Gasteiger partial charge in [0.1, 0.15) is 0 Å². The van der Waals surface area contributed by atoms with E-state index in [0.717, 1.165) is 12.6 Å². The van der Waals surface area contributed by atoms with Gasteiger partial charge in [0.05, 0.1) is 12.7 Å². The zero-order chi connectivity index (χ0) is 12.9. The van der Waals surface area contributed by atoms with Gasteiger partial charge in [-0.2, -0.15) is 0 Å². The first-order chi connectivity index (χ1) is 9.42. The fourth-order valence-corrected chi connectivity index (χ4v) is 2.70. The molecule has 0 spiro atoms. The van der Waals surface area contributed by atoms with E-state index in [1.165, 1.54) is 23.3 Å². The molecule has 1 heterocycles. The van der Waals surface area contributed by atoms with Crippen LogP contribution < -0.4 is 5.32 Å². The van der Waals surface area contributed by atoms with Gasteiger partial charge >= 0.3 is 0 Å². The van der Waals surface area contributed by atoms with Crippen molar-refractivity contribution in [3.63, 3.8) is 0 Å². The molecule has 0 bridgehead atoms. The summed E-state index contributed by atoms with van der Waals surface area (Å²) in [7, 11) is 0. The minimum Gasteiger partial charge on any atom is -0.367 e. The summed E-state index contributed by atoms with van der Waals surface area (Å²) in [5.41, 5.74) is 1.26. The van der Waals surface area contributed by atoms with E-state index < -0.39 is 0 Å². The minimum atomic E-state index is 0.142. The Kier molecular flexibility index (Phi) is 4.28. The summed E-state index contributed by atoms with van der Waals surface area (Å²) in [5.74, 6) is 0. The number of rotatable bonds is 7. The van der Waals surface area contributed by atoms with Crippen LogP contribution in [0.3, 0.4) is 0 Å². The zero-order valence-corrected chi connectivity index (χ0v) is 11.7. The Morgan fingerprint density at radius 3 is 2.68 bits per heavy atom. The second kappa shape index (κ2) is 6.33. The maximum absolute atomic E-state index is 6.10. The molecule has 0 saturated heterocycles. The van der Waals surface area contributed by atoms with Crippen molar-refractivity contribution in [2.45, 2.75) is 31.6 Å². The SMILES string of the molecule is c1ccc(C(CNC2CC2)OCc2cccs2)cc1. The molecule has 2 aromatic rings. The predicted molar refractivity (Wildman–Crippen MR) is 79.3 cm³/mol. The largest absolute Gasteiger partial charge is 0.367 e. The number of hydrogen-bond donors (Lipinski definition) is 1. The predicted octanol–water partition coefficient (Wildman–Crippen LogP) is 3.76. The molecule has 1 N–H and O–H groups in total. The van der Waals surface area contributed by atoms with Crippen LogP contribution in [0, 0.1) is 0 Å². The molecule has 3 heteroatoms. The second-order valence-corrected chi connectivity index (χ2v) is 6.00. The Morgan fingerprint density at radius 1 is 1.16 bits per heavy atom. The van der Waals surface area contributed by atoms with Gasteiger partial charge in [-0.05, 0) is 29.9 Å². The van der Waals surface area contributed by atoms with Crippen molar-refractivity contribution in [3.05, 3.63) is 58.3 Å². The van der Waals surface area contributed by atoms with Crippen molar-refractivity contribution in [2.24, 2.45) is 0 Å². The van der Waals surface area contributed by atoms with Gasteiger partial charge in [-0.1, -0.05) is 36.4 Å². The molecule has 0 radical (unpaired) electrons. The normalized spacial score (nSPS) is 16.4. The van der Waals surface area contributed by atoms with Crippen molar-refractivity contribution in [3.8, 4) is 0 Å². The molecule has 100 valence electrons. The fraction of sp³-hybridized carbons (Fsp3) is 0.375. The van der Waals surface area contributed by atoms with E-state index in [2.05, 4.69) is 47.1 Å². The molecule has 1 aliphatic carbocycles. The topological polar surface area (TPSA) is 21.3 Å². The number of ether oxygens (including phenoxy) is 1. The van der Waals surface area contributed by atoms with Gasteiger partial charge in [-0.15, -0.1) is 11.3 Å². The van der Waals surface area contributed by atoms with E-state index in [1.54, 1.807) is 11.3 Å². The Balaban J connectivity index is 1.61. The van der Waals surface area contributed by atoms with Crippen molar-refractivity contribution < 1.29 is 4.74 Å². The average Bonchev–Trinajstić information content (AvgIpc) is 3.14. The fourth-order valence-electron chi connectivity index (χ4n) is 2.08. The second-order valence-electron chi connectivity index (χ2n) is 4.97. The van der Waals surface area contributed by atoms with Crippen LogP contribution in [0.2, 0.25) is 0 Å². The molecule has 2 nitrogen and oxygen atoms in total. The third-order valence-electron chi connectivity index (χ3n) is 3.35. The van der Waals surface area contributed by atoms with Crippen LogP contribution in [0.15, 0.2) is 47.8 Å². The Labute approximate surface area is 118 Å². The maximum Gasteiger partial charge on any atom is 0.0954 e. The molecule has 1 unspecified atom stereocenters. The Bertz CT molecular complexity index is 479. The first-order valence-electron chi connectivity index (χ1n) is 6.84. The zero-order valence-electron chi connectivity index (χ0n) is 10.9. The molecule has 0 amide bonds. The molecule has 1 aromatic heterocycles. The van der Waals surface area contributed by atoms with E-state index in [0.29, 0.717) is 6.61 Å². The lowest BCUT2D eigenvalue weighted by atomic mass is 10.1. The molecule has 3 rings (SSSR count). The summed E-state index contributed by atoms with van der Waals surface area (Å²) in [5, 5.41) is 5.66. The lowest BCUT2D eigenvalue weighted by molar-refractivity contribution is 0.0411. The van der Waals surface area contributed by atoms with Gasteiger partial charge in [0, 0.05) is 17.5 Å². The lowest BCUT2D eigenvalue weighted by Gasteiger charge is -2.18. The summed E-state index contributed by atoms with van der Waals surface area (Å²) < 4.78 is 6.10. The first kappa shape index (κ1) is 12.9. The summed E-state index contributed by atoms with van der Waals surface area (Å²) >= 11 is 1.75. The minimum absolute atomic E-state index is 0.142. The van der Waals surface area contributed by atoms with E-state index in [-0.39, 0.29) is 6.10 Å². The van der Waals surface area contributed by atoms with Crippen LogP contribution in [-0.4, -0.2) is 12.6 Å². The molecular formula is C16H19NOS. The van der Waals surface area contributed by atoms with Crippen LogP contribution in [-0.2, 0) is 11.3 Å². The van der Waals surface area contributed by atoms with Gasteiger partial charge in [-0.25, -0.2) is 0 Å². The van der Waals surface area contributed by atoms with Crippen LogP contribution in [0.5, 0.6) is 0 Å². The Morgan fingerprint density at radius 2 is 2.00 bits per heavy atom. The van der Waals surface area contributed by atoms with Gasteiger partial charge in [0.2, 0.25) is 0 Å². The number of thiophene rings is 1. The van der Waals surface area contributed by atoms with Gasteiger partial charge in [0.15, 0.2) is 0 Å². The highest BCUT2D eigenvalue weighted by Gasteiger charge is 2.22. The van der Waals surface area contributed by atoms with Gasteiger partial charge in [0.25, 0.3) is 0 Å². The molecule has 1 fully saturated rings. The third-order valence-corrected chi connectivity index (χ3v) is 4.20. The first-order valence-corrected chi connectivity index (χ1v) is 7.72. The Hall–Kier alpha value is -1.16. The molecule has 0 aliphatic heterocycles. The highest BCUT2D eigenvalue weighted by Crippen LogP contribution is 2.23. The summed E-state index contributed by atoms with van der Waals surface area (Å²) in [6.45, 7) is 1.60. The third kappa shape index (κ3) is 3.90. The molecule has 1 saturated carbocycles. The van der Waals surface area contributed by atoms with Crippen molar-refractivity contribution in [1.82, 2.24) is 5.32 Å². The van der Waals surface area contributed by atoms with Crippen LogP contribution >= 0.6 is 11.3 Å². The molecule has 1 aromatic carbocycles. The maximum atomic E-state index is 6.10. The van der Waals surface area contributed by atoms with E-state index in [4.69, 9.17) is 4.74 Å². The molecular weight excluding hydrogens is 254 g/mol. The highest BCUT2D eigenvalue weighted by atomic mass is 32.1. The number of hydrogen-bond acceptors (Lipinski definition) is 3. The van der Waals surface area contributed by atoms with E-state index in [9.17, 15) is 0 Å². The standard InChI is InChI=1S/C16H19NOS/c1-2-5-13(6-3-1)16(11-17-14-8-9-14)18-12-15-7-4-10-19-15/h1-7,10,14,16-17H,8-9,11-12H2. The number of benzene rings is 1. The van der Waals surface area contributed by atoms with E-state index in [1.807, 2.05) is 6.07 Å². The van der Waals surface area contributed by atoms with Crippen molar-refractivity contribution in [1.29, 1.82) is 0 Å². The van der Waals surface area contributed by atoms with E-state index >= 15 is 0 Å². The quantitative estimate of drug-likeness (QED) is 0.829. The van der Waals surface area contributed by atoms with Gasteiger partial charge in [-0.3, -0.25) is 0 Å². The monoisotopic (exact) mass is 273 g/mol.